The van der Waals surface area contributed by atoms with E-state index in [0.717, 1.165) is 38.5 Å². The van der Waals surface area contributed by atoms with E-state index in [2.05, 4.69) is 5.32 Å². The molecule has 0 spiro atoms. The van der Waals surface area contributed by atoms with E-state index < -0.39 is 11.6 Å². The molecule has 1 atom stereocenters. The highest BCUT2D eigenvalue weighted by molar-refractivity contribution is 5.84. The zero-order chi connectivity index (χ0) is 16.9. The number of hydrogen-bond acceptors (Lipinski definition) is 3. The molecule has 0 saturated heterocycles. The number of nitrogens with zero attached hydrogens (tertiary/aromatic N) is 1. The van der Waals surface area contributed by atoms with E-state index in [1.54, 1.807) is 37.2 Å². The van der Waals surface area contributed by atoms with Gasteiger partial charge in [-0.05, 0) is 33.0 Å². The molecule has 0 aromatic heterocycles. The molecule has 23 heavy (non-hydrogen) atoms. The lowest BCUT2D eigenvalue weighted by molar-refractivity contribution is -0.128. The molecule has 0 aliphatic heterocycles. The van der Waals surface area contributed by atoms with Crippen LogP contribution in [0, 0.1) is 5.82 Å². The first-order valence-electron chi connectivity index (χ1n) is 8.33. The molecule has 0 radical (unpaired) electrons. The van der Waals surface area contributed by atoms with E-state index in [9.17, 15) is 14.3 Å². The molecule has 1 saturated carbocycles. The van der Waals surface area contributed by atoms with Crippen LogP contribution in [-0.2, 0) is 4.79 Å². The Morgan fingerprint density at radius 2 is 1.87 bits per heavy atom. The molecule has 1 aromatic carbocycles. The van der Waals surface area contributed by atoms with Gasteiger partial charge in [-0.2, -0.15) is 0 Å². The Morgan fingerprint density at radius 1 is 1.26 bits per heavy atom. The second kappa shape index (κ2) is 7.88. The zero-order valence-electron chi connectivity index (χ0n) is 14.0. The van der Waals surface area contributed by atoms with E-state index in [1.165, 1.54) is 6.07 Å². The van der Waals surface area contributed by atoms with Crippen molar-refractivity contribution in [2.75, 3.05) is 20.7 Å². The Hall–Kier alpha value is -1.46. The number of aliphatic hydroxyl groups is 1. The van der Waals surface area contributed by atoms with Crippen molar-refractivity contribution < 1.29 is 14.3 Å². The number of aliphatic hydroxyl groups excluding tert-OH is 1. The smallest absolute Gasteiger partial charge is 0.242 e. The number of carbonyl (C=O) groups excluding carboxylic acids is 1. The van der Waals surface area contributed by atoms with Gasteiger partial charge in [0.25, 0.3) is 0 Å². The molecule has 2 N–H and O–H groups in total. The Labute approximate surface area is 137 Å². The van der Waals surface area contributed by atoms with Crippen LogP contribution < -0.4 is 5.32 Å². The van der Waals surface area contributed by atoms with Crippen molar-refractivity contribution in [2.24, 2.45) is 0 Å². The summed E-state index contributed by atoms with van der Waals surface area (Å²) in [5.74, 6) is -0.642. The largest absolute Gasteiger partial charge is 0.394 e. The molecule has 0 bridgehead atoms. The van der Waals surface area contributed by atoms with E-state index in [4.69, 9.17) is 0 Å². The van der Waals surface area contributed by atoms with Crippen molar-refractivity contribution in [3.8, 4) is 0 Å². The summed E-state index contributed by atoms with van der Waals surface area (Å²) in [5.41, 5.74) is -0.218. The van der Waals surface area contributed by atoms with Crippen LogP contribution in [0.25, 0.3) is 0 Å². The Kier molecular flexibility index (Phi) is 6.13. The van der Waals surface area contributed by atoms with Crippen molar-refractivity contribution in [1.29, 1.82) is 0 Å². The maximum atomic E-state index is 14.1. The highest BCUT2D eigenvalue weighted by Gasteiger charge is 2.35. The van der Waals surface area contributed by atoms with Crippen LogP contribution >= 0.6 is 0 Å². The van der Waals surface area contributed by atoms with E-state index in [-0.39, 0.29) is 18.3 Å². The summed E-state index contributed by atoms with van der Waals surface area (Å²) >= 11 is 0. The second-order valence-electron chi connectivity index (χ2n) is 6.73. The van der Waals surface area contributed by atoms with Gasteiger partial charge >= 0.3 is 0 Å². The first kappa shape index (κ1) is 17.9. The number of halogens is 1. The Bertz CT molecular complexity index is 526. The van der Waals surface area contributed by atoms with Crippen LogP contribution in [0.1, 0.15) is 50.1 Å². The van der Waals surface area contributed by atoms with Gasteiger partial charge in [-0.1, -0.05) is 43.9 Å². The average molecular weight is 322 g/mol. The molecule has 1 aromatic rings. The molecule has 2 rings (SSSR count). The summed E-state index contributed by atoms with van der Waals surface area (Å²) in [6.45, 7) is -0.0733. The molecule has 0 heterocycles. The molecular formula is C18H27FN2O2. The van der Waals surface area contributed by atoms with Gasteiger partial charge in [-0.3, -0.25) is 9.69 Å². The Balaban J connectivity index is 2.22. The second-order valence-corrected chi connectivity index (χ2v) is 6.73. The molecule has 0 unspecified atom stereocenters. The third kappa shape index (κ3) is 4.30. The van der Waals surface area contributed by atoms with Crippen LogP contribution in [0.3, 0.4) is 0 Å². The van der Waals surface area contributed by atoms with Crippen molar-refractivity contribution in [3.05, 3.63) is 35.6 Å². The van der Waals surface area contributed by atoms with Crippen LogP contribution in [-0.4, -0.2) is 42.2 Å². The summed E-state index contributed by atoms with van der Waals surface area (Å²) in [6, 6.07) is 5.65. The molecule has 128 valence electrons. The fourth-order valence-electron chi connectivity index (χ4n) is 3.41. The van der Waals surface area contributed by atoms with Crippen LogP contribution in [0.15, 0.2) is 24.3 Å². The zero-order valence-corrected chi connectivity index (χ0v) is 14.0. The average Bonchev–Trinajstić information content (AvgIpc) is 2.75. The number of hydrogen-bond donors (Lipinski definition) is 2. The number of benzene rings is 1. The van der Waals surface area contributed by atoms with Gasteiger partial charge in [-0.25, -0.2) is 4.39 Å². The lowest BCUT2D eigenvalue weighted by atomic mass is 9.90. The van der Waals surface area contributed by atoms with Crippen LogP contribution in [0.5, 0.6) is 0 Å². The standard InChI is InChI=1S/C18H27FN2O2/c1-21(2)16(14-9-5-6-10-15(14)19)17(23)20-18(13-22)11-7-3-4-8-12-18/h5-6,9-10,16,22H,3-4,7-8,11-13H2,1-2H3,(H,20,23)/t16-/m1/s1. The Morgan fingerprint density at radius 3 is 2.39 bits per heavy atom. The number of carbonyl (C=O) groups is 1. The molecule has 1 aliphatic carbocycles. The quantitative estimate of drug-likeness (QED) is 0.820. The summed E-state index contributed by atoms with van der Waals surface area (Å²) in [4.78, 5) is 14.6. The normalized spacial score (nSPS) is 19.2. The highest BCUT2D eigenvalue weighted by Crippen LogP contribution is 2.29. The molecule has 1 aliphatic rings. The first-order chi connectivity index (χ1) is 11.0. The molecule has 1 fully saturated rings. The minimum atomic E-state index is -0.706. The maximum absolute atomic E-state index is 14.1. The molecule has 4 nitrogen and oxygen atoms in total. The summed E-state index contributed by atoms with van der Waals surface area (Å²) in [7, 11) is 3.52. The van der Waals surface area contributed by atoms with Crippen LogP contribution in [0.2, 0.25) is 0 Å². The topological polar surface area (TPSA) is 52.6 Å². The lowest BCUT2D eigenvalue weighted by Crippen LogP contribution is -2.54. The van der Waals surface area contributed by atoms with Gasteiger partial charge in [0.2, 0.25) is 5.91 Å². The van der Waals surface area contributed by atoms with Gasteiger partial charge in [0.1, 0.15) is 11.9 Å². The van der Waals surface area contributed by atoms with Crippen molar-refractivity contribution in [3.63, 3.8) is 0 Å². The summed E-state index contributed by atoms with van der Waals surface area (Å²) in [5, 5.41) is 12.9. The predicted molar refractivity (Wildman–Crippen MR) is 88.5 cm³/mol. The van der Waals surface area contributed by atoms with Crippen molar-refractivity contribution in [2.45, 2.75) is 50.1 Å². The first-order valence-corrected chi connectivity index (χ1v) is 8.33. The van der Waals surface area contributed by atoms with E-state index in [1.807, 2.05) is 0 Å². The van der Waals surface area contributed by atoms with Crippen LogP contribution in [0.4, 0.5) is 4.39 Å². The fraction of sp³-hybridized carbons (Fsp3) is 0.611. The number of nitrogens with one attached hydrogen (secondary N) is 1. The van der Waals surface area contributed by atoms with Gasteiger partial charge in [-0.15, -0.1) is 0 Å². The monoisotopic (exact) mass is 322 g/mol. The highest BCUT2D eigenvalue weighted by atomic mass is 19.1. The number of likely N-dealkylation sites (N-methyl/N-ethyl adjacent to an activating group) is 1. The minimum Gasteiger partial charge on any atom is -0.394 e. The van der Waals surface area contributed by atoms with Crippen molar-refractivity contribution >= 4 is 5.91 Å². The molecule has 5 heteroatoms. The van der Waals surface area contributed by atoms with Gasteiger partial charge in [0, 0.05) is 5.56 Å². The third-order valence-electron chi connectivity index (χ3n) is 4.72. The maximum Gasteiger partial charge on any atom is 0.242 e. The SMILES string of the molecule is CN(C)[C@@H](C(=O)NC1(CO)CCCCCC1)c1ccccc1F. The minimum absolute atomic E-state index is 0.0733. The summed E-state index contributed by atoms with van der Waals surface area (Å²) in [6.07, 6.45) is 5.78. The third-order valence-corrected chi connectivity index (χ3v) is 4.72. The summed E-state index contributed by atoms with van der Waals surface area (Å²) < 4.78 is 14.1. The fourth-order valence-corrected chi connectivity index (χ4v) is 3.41. The van der Waals surface area contributed by atoms with E-state index >= 15 is 0 Å². The van der Waals surface area contributed by atoms with Gasteiger partial charge < -0.3 is 10.4 Å². The lowest BCUT2D eigenvalue weighted by Gasteiger charge is -2.35. The van der Waals surface area contributed by atoms with Crippen molar-refractivity contribution in [1.82, 2.24) is 10.2 Å². The predicted octanol–water partition coefficient (Wildman–Crippen LogP) is 2.63. The molecular weight excluding hydrogens is 295 g/mol. The number of amides is 1. The molecule has 1 amide bonds. The van der Waals surface area contributed by atoms with Gasteiger partial charge in [0.15, 0.2) is 0 Å². The van der Waals surface area contributed by atoms with E-state index in [0.29, 0.717) is 5.56 Å². The number of rotatable bonds is 5. The van der Waals surface area contributed by atoms with Gasteiger partial charge in [0.05, 0.1) is 12.1 Å².